The van der Waals surface area contributed by atoms with E-state index >= 15 is 0 Å². The van der Waals surface area contributed by atoms with E-state index in [0.717, 1.165) is 0 Å². The molecule has 2 heterocycles. The molecule has 0 aliphatic heterocycles. The van der Waals surface area contributed by atoms with E-state index in [0.29, 0.717) is 5.82 Å². The molecule has 7 nitrogen and oxygen atoms in total. The Bertz CT molecular complexity index is 564. The summed E-state index contributed by atoms with van der Waals surface area (Å²) in [7, 11) is 0. The van der Waals surface area contributed by atoms with Crippen LogP contribution in [-0.2, 0) is 0 Å². The van der Waals surface area contributed by atoms with Gasteiger partial charge in [-0.3, -0.25) is 4.68 Å². The number of carboxylic acids is 1. The van der Waals surface area contributed by atoms with Crippen molar-refractivity contribution in [2.24, 2.45) is 0 Å². The zero-order valence-corrected chi connectivity index (χ0v) is 10.0. The highest BCUT2D eigenvalue weighted by Crippen LogP contribution is 2.16. The maximum atomic E-state index is 11.0. The predicted octanol–water partition coefficient (Wildman–Crippen LogP) is 1.70. The van der Waals surface area contributed by atoms with Gasteiger partial charge in [0.1, 0.15) is 0 Å². The first kappa shape index (κ1) is 12.0. The van der Waals surface area contributed by atoms with Crippen molar-refractivity contribution in [1.29, 1.82) is 0 Å². The molecule has 0 aliphatic carbocycles. The Hall–Kier alpha value is -2.44. The van der Waals surface area contributed by atoms with Crippen LogP contribution in [0.5, 0.6) is 0 Å². The van der Waals surface area contributed by atoms with Crippen molar-refractivity contribution in [2.45, 2.75) is 19.9 Å². The first-order valence-electron chi connectivity index (χ1n) is 5.44. The van der Waals surface area contributed by atoms with Crippen molar-refractivity contribution in [3.8, 4) is 0 Å². The molecule has 2 N–H and O–H groups in total. The van der Waals surface area contributed by atoms with Crippen LogP contribution in [-0.4, -0.2) is 30.8 Å². The zero-order chi connectivity index (χ0) is 13.1. The molecule has 0 radical (unpaired) electrons. The van der Waals surface area contributed by atoms with Crippen molar-refractivity contribution < 1.29 is 9.90 Å². The number of carboxylic acid groups (broad SMARTS) is 1. The van der Waals surface area contributed by atoms with Crippen LogP contribution in [0.2, 0.25) is 0 Å². The monoisotopic (exact) mass is 247 g/mol. The normalized spacial score (nSPS) is 10.6. The van der Waals surface area contributed by atoms with E-state index in [-0.39, 0.29) is 17.6 Å². The van der Waals surface area contributed by atoms with Gasteiger partial charge in [0.05, 0.1) is 0 Å². The summed E-state index contributed by atoms with van der Waals surface area (Å²) in [5.41, 5.74) is -0.128. The van der Waals surface area contributed by atoms with Crippen molar-refractivity contribution in [3.63, 3.8) is 0 Å². The molecular weight excluding hydrogens is 234 g/mol. The first-order valence-corrected chi connectivity index (χ1v) is 5.44. The Morgan fingerprint density at radius 1 is 1.39 bits per heavy atom. The van der Waals surface area contributed by atoms with Gasteiger partial charge in [0.25, 0.3) is 0 Å². The van der Waals surface area contributed by atoms with Crippen LogP contribution >= 0.6 is 0 Å². The number of anilines is 2. The number of hydrogen-bond acceptors (Lipinski definition) is 5. The molecule has 0 aromatic carbocycles. The average Bonchev–Trinajstić information content (AvgIpc) is 2.78. The Labute approximate surface area is 104 Å². The van der Waals surface area contributed by atoms with Crippen molar-refractivity contribution in [2.75, 3.05) is 5.32 Å². The van der Waals surface area contributed by atoms with Crippen LogP contribution in [0.3, 0.4) is 0 Å². The van der Waals surface area contributed by atoms with Crippen LogP contribution < -0.4 is 5.32 Å². The molecule has 0 bridgehead atoms. The molecule has 0 fully saturated rings. The fourth-order valence-electron chi connectivity index (χ4n) is 1.40. The molecule has 18 heavy (non-hydrogen) atoms. The Morgan fingerprint density at radius 3 is 2.72 bits per heavy atom. The zero-order valence-electron chi connectivity index (χ0n) is 10.0. The summed E-state index contributed by atoms with van der Waals surface area (Å²) in [4.78, 5) is 18.7. The SMILES string of the molecule is CC(C)n1ccc(Nc2nccnc2C(=O)O)n1. The lowest BCUT2D eigenvalue weighted by molar-refractivity contribution is 0.0691. The highest BCUT2D eigenvalue weighted by atomic mass is 16.4. The van der Waals surface area contributed by atoms with E-state index in [1.807, 2.05) is 20.0 Å². The quantitative estimate of drug-likeness (QED) is 0.854. The number of carbonyl (C=O) groups is 1. The van der Waals surface area contributed by atoms with E-state index in [1.54, 1.807) is 10.7 Å². The summed E-state index contributed by atoms with van der Waals surface area (Å²) in [5.74, 6) is -0.417. The van der Waals surface area contributed by atoms with Crippen molar-refractivity contribution in [1.82, 2.24) is 19.7 Å². The minimum absolute atomic E-state index is 0.128. The number of aromatic carboxylic acids is 1. The lowest BCUT2D eigenvalue weighted by Gasteiger charge is -2.06. The third-order valence-electron chi connectivity index (χ3n) is 2.28. The molecule has 0 amide bonds. The molecule has 0 unspecified atom stereocenters. The molecule has 2 aromatic heterocycles. The topological polar surface area (TPSA) is 92.9 Å². The van der Waals surface area contributed by atoms with E-state index in [1.165, 1.54) is 12.4 Å². The molecule has 0 atom stereocenters. The number of rotatable bonds is 4. The van der Waals surface area contributed by atoms with Crippen LogP contribution in [0.1, 0.15) is 30.4 Å². The number of nitrogens with zero attached hydrogens (tertiary/aromatic N) is 4. The summed E-state index contributed by atoms with van der Waals surface area (Å²) in [6, 6.07) is 1.99. The van der Waals surface area contributed by atoms with Crippen LogP contribution in [0.4, 0.5) is 11.6 Å². The Kier molecular flexibility index (Phi) is 3.22. The van der Waals surface area contributed by atoms with Gasteiger partial charge in [-0.2, -0.15) is 5.10 Å². The third-order valence-corrected chi connectivity index (χ3v) is 2.28. The number of nitrogens with one attached hydrogen (secondary N) is 1. The lowest BCUT2D eigenvalue weighted by Crippen LogP contribution is -2.08. The average molecular weight is 247 g/mol. The summed E-state index contributed by atoms with van der Waals surface area (Å²) in [6.45, 7) is 4.00. The Balaban J connectivity index is 2.25. The molecule has 0 aliphatic rings. The van der Waals surface area contributed by atoms with Gasteiger partial charge < -0.3 is 10.4 Å². The summed E-state index contributed by atoms with van der Waals surface area (Å²) in [5, 5.41) is 16.1. The van der Waals surface area contributed by atoms with Gasteiger partial charge in [0.15, 0.2) is 17.3 Å². The molecule has 0 spiro atoms. The van der Waals surface area contributed by atoms with Gasteiger partial charge in [-0.1, -0.05) is 0 Å². The molecule has 0 saturated heterocycles. The summed E-state index contributed by atoms with van der Waals surface area (Å²) in [6.07, 6.45) is 4.57. The molecule has 0 saturated carbocycles. The van der Waals surface area contributed by atoms with E-state index in [4.69, 9.17) is 5.11 Å². The molecular formula is C11H13N5O2. The van der Waals surface area contributed by atoms with Crippen LogP contribution in [0.25, 0.3) is 0 Å². The van der Waals surface area contributed by atoms with Gasteiger partial charge in [0, 0.05) is 30.7 Å². The summed E-state index contributed by atoms with van der Waals surface area (Å²) < 4.78 is 1.76. The largest absolute Gasteiger partial charge is 0.476 e. The van der Waals surface area contributed by atoms with Gasteiger partial charge in [-0.25, -0.2) is 14.8 Å². The van der Waals surface area contributed by atoms with Gasteiger partial charge >= 0.3 is 5.97 Å². The second-order valence-corrected chi connectivity index (χ2v) is 3.96. The Morgan fingerprint density at radius 2 is 2.11 bits per heavy atom. The highest BCUT2D eigenvalue weighted by Gasteiger charge is 2.13. The minimum atomic E-state index is -1.13. The van der Waals surface area contributed by atoms with Gasteiger partial charge in [0.2, 0.25) is 0 Å². The fourth-order valence-corrected chi connectivity index (χ4v) is 1.40. The number of hydrogen-bond donors (Lipinski definition) is 2. The summed E-state index contributed by atoms with van der Waals surface area (Å²) >= 11 is 0. The standard InChI is InChI=1S/C11H13N5O2/c1-7(2)16-6-3-8(15-16)14-10-9(11(17)18)12-4-5-13-10/h3-7H,1-2H3,(H,17,18)(H,13,14,15). The minimum Gasteiger partial charge on any atom is -0.476 e. The van der Waals surface area contributed by atoms with E-state index in [9.17, 15) is 4.79 Å². The van der Waals surface area contributed by atoms with Crippen LogP contribution in [0, 0.1) is 0 Å². The van der Waals surface area contributed by atoms with E-state index in [2.05, 4.69) is 20.4 Å². The first-order chi connectivity index (χ1) is 8.58. The number of aromatic nitrogens is 4. The molecule has 94 valence electrons. The maximum Gasteiger partial charge on any atom is 0.358 e. The van der Waals surface area contributed by atoms with Crippen molar-refractivity contribution >= 4 is 17.6 Å². The molecule has 7 heteroatoms. The maximum absolute atomic E-state index is 11.0. The fraction of sp³-hybridized carbons (Fsp3) is 0.273. The molecule has 2 aromatic rings. The van der Waals surface area contributed by atoms with Crippen LogP contribution in [0.15, 0.2) is 24.7 Å². The molecule has 2 rings (SSSR count). The second kappa shape index (κ2) is 4.82. The lowest BCUT2D eigenvalue weighted by atomic mass is 10.4. The van der Waals surface area contributed by atoms with Crippen molar-refractivity contribution in [3.05, 3.63) is 30.4 Å². The van der Waals surface area contributed by atoms with Gasteiger partial charge in [-0.05, 0) is 13.8 Å². The second-order valence-electron chi connectivity index (χ2n) is 3.96. The highest BCUT2D eigenvalue weighted by molar-refractivity contribution is 5.91. The predicted molar refractivity (Wildman–Crippen MR) is 64.9 cm³/mol. The van der Waals surface area contributed by atoms with Gasteiger partial charge in [-0.15, -0.1) is 0 Å². The van der Waals surface area contributed by atoms with E-state index < -0.39 is 5.97 Å². The smallest absolute Gasteiger partial charge is 0.358 e. The third kappa shape index (κ3) is 2.45.